The number of fused-ring (bicyclic) bond motifs is 1. The van der Waals surface area contributed by atoms with Crippen LogP contribution >= 0.6 is 12.4 Å². The Balaban J connectivity index is 0.000000720. The van der Waals surface area contributed by atoms with Crippen molar-refractivity contribution >= 4 is 18.4 Å². The summed E-state index contributed by atoms with van der Waals surface area (Å²) in [7, 11) is 1.47. The van der Waals surface area contributed by atoms with E-state index in [0.717, 1.165) is 13.0 Å². The van der Waals surface area contributed by atoms with Gasteiger partial charge in [0.05, 0.1) is 13.0 Å². The van der Waals surface area contributed by atoms with Crippen LogP contribution in [0.5, 0.6) is 0 Å². The van der Waals surface area contributed by atoms with Gasteiger partial charge < -0.3 is 10.1 Å². The first-order chi connectivity index (χ1) is 5.33. The van der Waals surface area contributed by atoms with Crippen molar-refractivity contribution in [2.24, 2.45) is 11.8 Å². The molecule has 0 spiro atoms. The van der Waals surface area contributed by atoms with Gasteiger partial charge in [0.1, 0.15) is 0 Å². The predicted molar refractivity (Wildman–Crippen MR) is 47.3 cm³/mol. The molecule has 3 nitrogen and oxygen atoms in total. The van der Waals surface area contributed by atoms with Crippen LogP contribution in [-0.4, -0.2) is 25.7 Å². The van der Waals surface area contributed by atoms with Crippen LogP contribution in [0.1, 0.15) is 12.8 Å². The van der Waals surface area contributed by atoms with Gasteiger partial charge in [-0.25, -0.2) is 0 Å². The highest BCUT2D eigenvalue weighted by Crippen LogP contribution is 2.42. The molecule has 2 rings (SSSR count). The zero-order valence-electron chi connectivity index (χ0n) is 7.08. The number of carbonyl (C=O) groups excluding carboxylic acids is 1. The highest BCUT2D eigenvalue weighted by molar-refractivity contribution is 5.85. The zero-order chi connectivity index (χ0) is 7.84. The molecule has 0 unspecified atom stereocenters. The van der Waals surface area contributed by atoms with E-state index in [1.54, 1.807) is 0 Å². The van der Waals surface area contributed by atoms with Crippen molar-refractivity contribution in [3.63, 3.8) is 0 Å². The van der Waals surface area contributed by atoms with Crippen molar-refractivity contribution in [3.8, 4) is 0 Å². The molecule has 1 N–H and O–H groups in total. The number of ether oxygens (including phenoxy) is 1. The second-order valence-corrected chi connectivity index (χ2v) is 3.38. The largest absolute Gasteiger partial charge is 0.469 e. The number of piperidine rings is 1. The summed E-state index contributed by atoms with van der Waals surface area (Å²) in [5.41, 5.74) is 0. The standard InChI is InChI=1S/C8H13NO2.ClH/c1-11-8(10)5-2-3-9-7-4-6(5)7;/h5-7,9H,2-4H2,1H3;1H/t5-,6-,7-;/m1./s1. The summed E-state index contributed by atoms with van der Waals surface area (Å²) in [5, 5.41) is 3.36. The van der Waals surface area contributed by atoms with Crippen molar-refractivity contribution in [3.05, 3.63) is 0 Å². The van der Waals surface area contributed by atoms with Crippen LogP contribution in [0.4, 0.5) is 0 Å². The van der Waals surface area contributed by atoms with Crippen LogP contribution in [0.25, 0.3) is 0 Å². The molecule has 0 aromatic carbocycles. The van der Waals surface area contributed by atoms with Crippen molar-refractivity contribution in [2.45, 2.75) is 18.9 Å². The van der Waals surface area contributed by atoms with Gasteiger partial charge in [0.15, 0.2) is 0 Å². The molecule has 1 heterocycles. The molecule has 0 bridgehead atoms. The Morgan fingerprint density at radius 1 is 1.58 bits per heavy atom. The molecular formula is C8H14ClNO2. The van der Waals surface area contributed by atoms with E-state index in [1.807, 2.05) is 0 Å². The molecular weight excluding hydrogens is 178 g/mol. The smallest absolute Gasteiger partial charge is 0.309 e. The predicted octanol–water partition coefficient (Wildman–Crippen LogP) is 0.579. The molecule has 2 fully saturated rings. The average molecular weight is 192 g/mol. The van der Waals surface area contributed by atoms with E-state index in [9.17, 15) is 4.79 Å². The van der Waals surface area contributed by atoms with Gasteiger partial charge in [-0.2, -0.15) is 0 Å². The lowest BCUT2D eigenvalue weighted by Gasteiger charge is -2.19. The third kappa shape index (κ3) is 1.57. The number of halogens is 1. The molecule has 0 radical (unpaired) electrons. The molecule has 1 saturated heterocycles. The van der Waals surface area contributed by atoms with Gasteiger partial charge in [0.25, 0.3) is 0 Å². The first-order valence-corrected chi connectivity index (χ1v) is 4.14. The molecule has 0 amide bonds. The Hall–Kier alpha value is -0.280. The molecule has 1 aliphatic heterocycles. The third-order valence-corrected chi connectivity index (χ3v) is 2.72. The molecule has 4 heteroatoms. The van der Waals surface area contributed by atoms with E-state index < -0.39 is 0 Å². The summed E-state index contributed by atoms with van der Waals surface area (Å²) in [5.74, 6) is 0.751. The number of hydrogen-bond acceptors (Lipinski definition) is 3. The number of rotatable bonds is 1. The first kappa shape index (κ1) is 9.81. The maximum Gasteiger partial charge on any atom is 0.309 e. The second kappa shape index (κ2) is 3.62. The van der Waals surface area contributed by atoms with Crippen molar-refractivity contribution in [2.75, 3.05) is 13.7 Å². The summed E-state index contributed by atoms with van der Waals surface area (Å²) < 4.78 is 4.72. The van der Waals surface area contributed by atoms with Crippen LogP contribution in [0, 0.1) is 11.8 Å². The van der Waals surface area contributed by atoms with Crippen LogP contribution in [0.3, 0.4) is 0 Å². The molecule has 0 aromatic heterocycles. The van der Waals surface area contributed by atoms with Crippen LogP contribution in [0.2, 0.25) is 0 Å². The van der Waals surface area contributed by atoms with E-state index in [0.29, 0.717) is 12.0 Å². The molecule has 1 aliphatic carbocycles. The number of carbonyl (C=O) groups is 1. The van der Waals surface area contributed by atoms with E-state index in [1.165, 1.54) is 13.5 Å². The minimum absolute atomic E-state index is 0. The number of nitrogens with one attached hydrogen (secondary N) is 1. The summed E-state index contributed by atoms with van der Waals surface area (Å²) in [6, 6.07) is 0.618. The van der Waals surface area contributed by atoms with Gasteiger partial charge >= 0.3 is 5.97 Å². The summed E-state index contributed by atoms with van der Waals surface area (Å²) >= 11 is 0. The topological polar surface area (TPSA) is 38.3 Å². The molecule has 1 saturated carbocycles. The lowest BCUT2D eigenvalue weighted by Crippen LogP contribution is -2.33. The Morgan fingerprint density at radius 3 is 3.00 bits per heavy atom. The van der Waals surface area contributed by atoms with E-state index >= 15 is 0 Å². The fraction of sp³-hybridized carbons (Fsp3) is 0.875. The SMILES string of the molecule is COC(=O)[C@@H]1CCN[C@@H]2C[C@@H]21.Cl. The Kier molecular flexibility index (Phi) is 2.96. The summed E-state index contributed by atoms with van der Waals surface area (Å²) in [4.78, 5) is 11.2. The molecule has 12 heavy (non-hydrogen) atoms. The van der Waals surface area contributed by atoms with E-state index in [-0.39, 0.29) is 24.3 Å². The third-order valence-electron chi connectivity index (χ3n) is 2.72. The fourth-order valence-corrected chi connectivity index (χ4v) is 1.98. The van der Waals surface area contributed by atoms with Crippen molar-refractivity contribution in [1.29, 1.82) is 0 Å². The monoisotopic (exact) mass is 191 g/mol. The second-order valence-electron chi connectivity index (χ2n) is 3.38. The first-order valence-electron chi connectivity index (χ1n) is 4.14. The highest BCUT2D eigenvalue weighted by Gasteiger charge is 2.48. The summed E-state index contributed by atoms with van der Waals surface area (Å²) in [6.07, 6.45) is 2.12. The lowest BCUT2D eigenvalue weighted by molar-refractivity contribution is -0.146. The Bertz CT molecular complexity index is 186. The Labute approximate surface area is 78.3 Å². The van der Waals surface area contributed by atoms with Crippen LogP contribution in [0.15, 0.2) is 0 Å². The summed E-state index contributed by atoms with van der Waals surface area (Å²) in [6.45, 7) is 0.973. The van der Waals surface area contributed by atoms with Gasteiger partial charge in [-0.3, -0.25) is 4.79 Å². The minimum atomic E-state index is -0.0148. The zero-order valence-corrected chi connectivity index (χ0v) is 7.89. The number of esters is 1. The fourth-order valence-electron chi connectivity index (χ4n) is 1.98. The Morgan fingerprint density at radius 2 is 2.33 bits per heavy atom. The van der Waals surface area contributed by atoms with Gasteiger partial charge in [0, 0.05) is 6.04 Å². The lowest BCUT2D eigenvalue weighted by atomic mass is 9.97. The maximum absolute atomic E-state index is 11.2. The van der Waals surface area contributed by atoms with Crippen molar-refractivity contribution < 1.29 is 9.53 Å². The number of hydrogen-bond donors (Lipinski definition) is 1. The maximum atomic E-state index is 11.2. The number of methoxy groups -OCH3 is 1. The van der Waals surface area contributed by atoms with Crippen LogP contribution < -0.4 is 5.32 Å². The molecule has 0 aromatic rings. The molecule has 3 atom stereocenters. The quantitative estimate of drug-likeness (QED) is 0.617. The van der Waals surface area contributed by atoms with E-state index in [2.05, 4.69) is 5.32 Å². The molecule has 2 aliphatic rings. The van der Waals surface area contributed by atoms with E-state index in [4.69, 9.17) is 4.74 Å². The normalized spacial score (nSPS) is 37.6. The minimum Gasteiger partial charge on any atom is -0.469 e. The van der Waals surface area contributed by atoms with Gasteiger partial charge in [-0.05, 0) is 25.3 Å². The van der Waals surface area contributed by atoms with Crippen molar-refractivity contribution in [1.82, 2.24) is 5.32 Å². The van der Waals surface area contributed by atoms with Gasteiger partial charge in [0.2, 0.25) is 0 Å². The van der Waals surface area contributed by atoms with Crippen LogP contribution in [-0.2, 0) is 9.53 Å². The average Bonchev–Trinajstić information content (AvgIpc) is 2.80. The van der Waals surface area contributed by atoms with Gasteiger partial charge in [-0.1, -0.05) is 0 Å². The molecule has 70 valence electrons. The highest BCUT2D eigenvalue weighted by atomic mass is 35.5. The van der Waals surface area contributed by atoms with Gasteiger partial charge in [-0.15, -0.1) is 12.4 Å².